The smallest absolute Gasteiger partial charge is 0.276 e. The number of hydrogen-bond acceptors (Lipinski definition) is 6. The molecular formula is C22H24ClN5O3S. The van der Waals surface area contributed by atoms with Gasteiger partial charge in [0, 0.05) is 30.6 Å². The lowest BCUT2D eigenvalue weighted by Crippen LogP contribution is -2.40. The molecule has 2 heterocycles. The highest BCUT2D eigenvalue weighted by Crippen LogP contribution is 2.29. The molecule has 10 heteroatoms. The lowest BCUT2D eigenvalue weighted by Gasteiger charge is -2.31. The number of aromatic nitrogens is 2. The minimum atomic E-state index is -3.62. The number of H-pyrrole nitrogens is 1. The second kappa shape index (κ2) is 9.32. The second-order valence-corrected chi connectivity index (χ2v) is 10.1. The van der Waals surface area contributed by atoms with E-state index in [-0.39, 0.29) is 28.9 Å². The van der Waals surface area contributed by atoms with Crippen LogP contribution in [-0.4, -0.2) is 35.8 Å². The summed E-state index contributed by atoms with van der Waals surface area (Å²) in [6.07, 6.45) is 1.37. The van der Waals surface area contributed by atoms with Crippen LogP contribution in [0.2, 0.25) is 5.02 Å². The summed E-state index contributed by atoms with van der Waals surface area (Å²) in [6.45, 7) is 1.05. The van der Waals surface area contributed by atoms with Crippen LogP contribution in [0.3, 0.4) is 0 Å². The van der Waals surface area contributed by atoms with Gasteiger partial charge in [-0.25, -0.2) is 13.4 Å². The third-order valence-electron chi connectivity index (χ3n) is 5.47. The maximum Gasteiger partial charge on any atom is 0.276 e. The van der Waals surface area contributed by atoms with Gasteiger partial charge in [0.1, 0.15) is 11.5 Å². The number of piperidine rings is 1. The Kier molecular flexibility index (Phi) is 6.50. The van der Waals surface area contributed by atoms with Crippen molar-refractivity contribution in [2.75, 3.05) is 24.1 Å². The maximum absolute atomic E-state index is 13.0. The molecule has 0 saturated carbocycles. The van der Waals surface area contributed by atoms with Crippen molar-refractivity contribution in [2.24, 2.45) is 0 Å². The summed E-state index contributed by atoms with van der Waals surface area (Å²) in [4.78, 5) is 20.0. The Morgan fingerprint density at radius 1 is 1.19 bits per heavy atom. The fraction of sp³-hybridized carbons (Fsp3) is 0.273. The van der Waals surface area contributed by atoms with E-state index in [4.69, 9.17) is 17.3 Å². The number of nitrogens with zero attached hydrogens (tertiary/aromatic N) is 2. The highest BCUT2D eigenvalue weighted by molar-refractivity contribution is 7.89. The average molecular weight is 474 g/mol. The minimum Gasteiger partial charge on any atom is -0.391 e. The molecule has 1 aliphatic rings. The van der Waals surface area contributed by atoms with Gasteiger partial charge in [-0.3, -0.25) is 4.79 Å². The van der Waals surface area contributed by atoms with Crippen molar-refractivity contribution in [1.82, 2.24) is 14.3 Å². The first-order valence-electron chi connectivity index (χ1n) is 10.3. The Bertz CT molecular complexity index is 1260. The third kappa shape index (κ3) is 4.79. The number of nitrogens with two attached hydrogens (primary N) is 1. The molecule has 1 atom stereocenters. The van der Waals surface area contributed by atoms with Crippen molar-refractivity contribution in [3.05, 3.63) is 81.4 Å². The number of rotatable bonds is 6. The first kappa shape index (κ1) is 22.3. The maximum atomic E-state index is 13.0. The van der Waals surface area contributed by atoms with Gasteiger partial charge in [0.05, 0.1) is 4.90 Å². The molecule has 0 aliphatic carbocycles. The zero-order valence-corrected chi connectivity index (χ0v) is 18.9. The van der Waals surface area contributed by atoms with Crippen LogP contribution in [0.5, 0.6) is 0 Å². The van der Waals surface area contributed by atoms with Gasteiger partial charge in [0.2, 0.25) is 10.0 Å². The minimum absolute atomic E-state index is 0.0136. The van der Waals surface area contributed by atoms with Gasteiger partial charge in [-0.15, -0.1) is 0 Å². The van der Waals surface area contributed by atoms with Crippen LogP contribution in [0, 0.1) is 0 Å². The number of sulfonamides is 1. The van der Waals surface area contributed by atoms with Crippen molar-refractivity contribution < 1.29 is 8.42 Å². The summed E-state index contributed by atoms with van der Waals surface area (Å²) in [6, 6.07) is 15.7. The summed E-state index contributed by atoms with van der Waals surface area (Å²) in [5.41, 5.74) is 6.40. The van der Waals surface area contributed by atoms with Crippen LogP contribution in [0.15, 0.2) is 64.3 Å². The SMILES string of the molecule is Nc1c(NCc2cccc(Cl)c2)nc(C2CCCN(S(=O)(=O)c3ccccc3)C2)[nH]c1=O. The van der Waals surface area contributed by atoms with E-state index >= 15 is 0 Å². The van der Waals surface area contributed by atoms with E-state index in [9.17, 15) is 13.2 Å². The predicted molar refractivity (Wildman–Crippen MR) is 125 cm³/mol. The molecule has 1 aliphatic heterocycles. The van der Waals surface area contributed by atoms with Crippen LogP contribution >= 0.6 is 11.6 Å². The molecule has 1 aromatic heterocycles. The van der Waals surface area contributed by atoms with Gasteiger partial charge in [-0.1, -0.05) is 41.9 Å². The molecule has 4 N–H and O–H groups in total. The number of nitrogen functional groups attached to an aromatic ring is 1. The van der Waals surface area contributed by atoms with Crippen LogP contribution in [0.4, 0.5) is 11.5 Å². The first-order valence-corrected chi connectivity index (χ1v) is 12.1. The van der Waals surface area contributed by atoms with E-state index in [1.165, 1.54) is 4.31 Å². The fourth-order valence-corrected chi connectivity index (χ4v) is 5.54. The van der Waals surface area contributed by atoms with Gasteiger partial charge < -0.3 is 16.0 Å². The highest BCUT2D eigenvalue weighted by atomic mass is 35.5. The predicted octanol–water partition coefficient (Wildman–Crippen LogP) is 3.19. The van der Waals surface area contributed by atoms with Crippen molar-refractivity contribution in [1.29, 1.82) is 0 Å². The van der Waals surface area contributed by atoms with Crippen LogP contribution in [0.1, 0.15) is 30.1 Å². The molecule has 32 heavy (non-hydrogen) atoms. The highest BCUT2D eigenvalue weighted by Gasteiger charge is 2.32. The quantitative estimate of drug-likeness (QED) is 0.505. The Morgan fingerprint density at radius 2 is 1.97 bits per heavy atom. The molecule has 0 bridgehead atoms. The topological polar surface area (TPSA) is 121 Å². The summed E-state index contributed by atoms with van der Waals surface area (Å²) < 4.78 is 27.5. The molecule has 0 spiro atoms. The van der Waals surface area contributed by atoms with E-state index in [1.54, 1.807) is 36.4 Å². The summed E-state index contributed by atoms with van der Waals surface area (Å²) in [5, 5.41) is 3.71. The Balaban J connectivity index is 1.56. The van der Waals surface area contributed by atoms with Gasteiger partial charge in [-0.2, -0.15) is 4.31 Å². The van der Waals surface area contributed by atoms with E-state index in [2.05, 4.69) is 15.3 Å². The summed E-state index contributed by atoms with van der Waals surface area (Å²) in [7, 11) is -3.62. The molecule has 3 aromatic rings. The number of nitrogens with one attached hydrogen (secondary N) is 2. The van der Waals surface area contributed by atoms with Crippen molar-refractivity contribution in [2.45, 2.75) is 30.2 Å². The van der Waals surface area contributed by atoms with Gasteiger partial charge in [-0.05, 0) is 42.7 Å². The molecule has 168 valence electrons. The van der Waals surface area contributed by atoms with E-state index in [0.717, 1.165) is 5.56 Å². The van der Waals surface area contributed by atoms with Gasteiger partial charge >= 0.3 is 0 Å². The van der Waals surface area contributed by atoms with Crippen molar-refractivity contribution >= 4 is 33.1 Å². The van der Waals surface area contributed by atoms with E-state index in [0.29, 0.717) is 36.8 Å². The second-order valence-electron chi connectivity index (χ2n) is 7.71. The molecule has 0 radical (unpaired) electrons. The number of hydrogen-bond donors (Lipinski definition) is 3. The normalized spacial score (nSPS) is 17.2. The molecule has 8 nitrogen and oxygen atoms in total. The van der Waals surface area contributed by atoms with Crippen LogP contribution in [0.25, 0.3) is 0 Å². The molecule has 4 rings (SSSR count). The average Bonchev–Trinajstić information content (AvgIpc) is 2.80. The Morgan fingerprint density at radius 3 is 2.72 bits per heavy atom. The lowest BCUT2D eigenvalue weighted by atomic mass is 9.99. The number of anilines is 2. The largest absolute Gasteiger partial charge is 0.391 e. The zero-order chi connectivity index (χ0) is 22.7. The lowest BCUT2D eigenvalue weighted by molar-refractivity contribution is 0.309. The van der Waals surface area contributed by atoms with Gasteiger partial charge in [0.25, 0.3) is 5.56 Å². The number of benzene rings is 2. The van der Waals surface area contributed by atoms with Crippen molar-refractivity contribution in [3.63, 3.8) is 0 Å². The number of halogens is 1. The molecule has 0 amide bonds. The molecule has 1 unspecified atom stereocenters. The molecule has 1 saturated heterocycles. The fourth-order valence-electron chi connectivity index (χ4n) is 3.79. The van der Waals surface area contributed by atoms with Gasteiger partial charge in [0.15, 0.2) is 5.82 Å². The monoisotopic (exact) mass is 473 g/mol. The van der Waals surface area contributed by atoms with E-state index in [1.807, 2.05) is 18.2 Å². The Hall–Kier alpha value is -2.88. The summed E-state index contributed by atoms with van der Waals surface area (Å²) in [5.74, 6) is 0.444. The first-order chi connectivity index (χ1) is 15.3. The van der Waals surface area contributed by atoms with Crippen LogP contribution in [-0.2, 0) is 16.6 Å². The molecule has 2 aromatic carbocycles. The zero-order valence-electron chi connectivity index (χ0n) is 17.3. The summed E-state index contributed by atoms with van der Waals surface area (Å²) >= 11 is 6.03. The molecule has 1 fully saturated rings. The third-order valence-corrected chi connectivity index (χ3v) is 7.59. The number of aromatic amines is 1. The Labute approximate surface area is 191 Å². The van der Waals surface area contributed by atoms with E-state index < -0.39 is 15.6 Å². The van der Waals surface area contributed by atoms with Crippen molar-refractivity contribution in [3.8, 4) is 0 Å². The van der Waals surface area contributed by atoms with Crippen LogP contribution < -0.4 is 16.6 Å². The standard InChI is InChI=1S/C22H24ClN5O3S/c23-17-8-4-6-15(12-17)13-25-21-19(24)22(29)27-20(26-21)16-7-5-11-28(14-16)32(30,31)18-9-2-1-3-10-18/h1-4,6,8-10,12,16H,5,7,11,13-14,24H2,(H2,25,26,27,29). The molecular weight excluding hydrogens is 450 g/mol.